The number of rotatable bonds is 21. The van der Waals surface area contributed by atoms with Gasteiger partial charge in [-0.3, -0.25) is 0 Å². The van der Waals surface area contributed by atoms with E-state index in [0.29, 0.717) is 12.1 Å². The fraction of sp³-hybridized carbons (Fsp3) is 0.811. The quantitative estimate of drug-likeness (QED) is 0.116. The lowest BCUT2D eigenvalue weighted by Gasteiger charge is -2.45. The van der Waals surface area contributed by atoms with Gasteiger partial charge in [0, 0.05) is 12.0 Å². The molecule has 0 aliphatic heterocycles. The van der Waals surface area contributed by atoms with E-state index in [1.165, 1.54) is 4.68 Å². The zero-order valence-corrected chi connectivity index (χ0v) is 38.1. The van der Waals surface area contributed by atoms with Crippen LogP contribution in [0.4, 0.5) is 0 Å². The standard InChI is InChI=1S/C37H72N4O5SSi3/c1-16-32(44-50(17-2,18-3)19-4)26-23-27-33(45-48(12,13)36(6,7)8)30(5)34(46-49(14,15)37(9,10)11)28-29-47(42,43)35-38-39-40-41(35)31-24-21-20-22-25-31/h20-22,24-25,30,32-34H,16-19,23,26-29H2,1-15H3/t30-,32+,33+,34-/m1/s1. The minimum Gasteiger partial charge on any atom is -0.414 e. The van der Waals surface area contributed by atoms with Crippen molar-refractivity contribution in [1.29, 1.82) is 0 Å². The maximum atomic E-state index is 13.9. The molecule has 1 aromatic heterocycles. The average molecular weight is 769 g/mol. The van der Waals surface area contributed by atoms with Crippen LogP contribution in [-0.4, -0.2) is 77.6 Å². The van der Waals surface area contributed by atoms with E-state index in [-0.39, 0.29) is 45.2 Å². The third-order valence-electron chi connectivity index (χ3n) is 11.9. The van der Waals surface area contributed by atoms with E-state index in [2.05, 4.69) is 118 Å². The fourth-order valence-electron chi connectivity index (χ4n) is 5.92. The minimum absolute atomic E-state index is 0.0300. The third-order valence-corrected chi connectivity index (χ3v) is 27.2. The van der Waals surface area contributed by atoms with Gasteiger partial charge in [0.1, 0.15) is 0 Å². The van der Waals surface area contributed by atoms with E-state index < -0.39 is 34.8 Å². The molecule has 0 radical (unpaired) electrons. The Kier molecular flexibility index (Phi) is 16.4. The van der Waals surface area contributed by atoms with Crippen molar-refractivity contribution in [3.8, 4) is 5.69 Å². The number of nitrogens with zero attached hydrogens (tertiary/aromatic N) is 4. The second-order valence-corrected chi connectivity index (χ2v) is 33.6. The summed E-state index contributed by atoms with van der Waals surface area (Å²) in [6.45, 7) is 34.0. The monoisotopic (exact) mass is 768 g/mol. The highest BCUT2D eigenvalue weighted by atomic mass is 32.2. The third kappa shape index (κ3) is 11.9. The normalized spacial score (nSPS) is 16.3. The number of hydrogen-bond donors (Lipinski definition) is 0. The molecule has 288 valence electrons. The Hall–Kier alpha value is -1.23. The maximum Gasteiger partial charge on any atom is 0.272 e. The Morgan fingerprint density at radius 1 is 0.760 bits per heavy atom. The van der Waals surface area contributed by atoms with E-state index in [0.717, 1.165) is 43.8 Å². The van der Waals surface area contributed by atoms with Crippen LogP contribution in [0.1, 0.15) is 108 Å². The van der Waals surface area contributed by atoms with Crippen LogP contribution in [0.25, 0.3) is 5.69 Å². The van der Waals surface area contributed by atoms with Gasteiger partial charge in [0.15, 0.2) is 25.0 Å². The van der Waals surface area contributed by atoms with E-state index >= 15 is 0 Å². The van der Waals surface area contributed by atoms with E-state index in [1.807, 2.05) is 18.2 Å². The van der Waals surface area contributed by atoms with Crippen molar-refractivity contribution in [3.63, 3.8) is 0 Å². The predicted molar refractivity (Wildman–Crippen MR) is 215 cm³/mol. The molecule has 50 heavy (non-hydrogen) atoms. The van der Waals surface area contributed by atoms with Crippen LogP contribution in [-0.2, 0) is 23.1 Å². The zero-order chi connectivity index (χ0) is 38.2. The molecule has 2 rings (SSSR count). The summed E-state index contributed by atoms with van der Waals surface area (Å²) in [6.07, 6.45) is 4.06. The first-order chi connectivity index (χ1) is 23.0. The largest absolute Gasteiger partial charge is 0.414 e. The van der Waals surface area contributed by atoms with Gasteiger partial charge < -0.3 is 13.3 Å². The van der Waals surface area contributed by atoms with Gasteiger partial charge in [-0.25, -0.2) is 8.42 Å². The van der Waals surface area contributed by atoms with Gasteiger partial charge in [-0.15, -0.1) is 0 Å². The number of para-hydroxylation sites is 1. The molecule has 2 aromatic rings. The molecule has 0 bridgehead atoms. The average Bonchev–Trinajstić information content (AvgIpc) is 3.55. The molecule has 0 fully saturated rings. The molecular formula is C37H72N4O5SSi3. The Balaban J connectivity index is 2.46. The van der Waals surface area contributed by atoms with E-state index in [4.69, 9.17) is 13.3 Å². The van der Waals surface area contributed by atoms with E-state index in [9.17, 15) is 8.42 Å². The van der Waals surface area contributed by atoms with Gasteiger partial charge in [0.2, 0.25) is 9.84 Å². The van der Waals surface area contributed by atoms with Gasteiger partial charge in [-0.2, -0.15) is 4.68 Å². The summed E-state index contributed by atoms with van der Waals surface area (Å²) in [5.74, 6) is -0.157. The highest BCUT2D eigenvalue weighted by molar-refractivity contribution is 7.91. The summed E-state index contributed by atoms with van der Waals surface area (Å²) < 4.78 is 50.5. The molecular weight excluding hydrogens is 697 g/mol. The molecule has 9 nitrogen and oxygen atoms in total. The first-order valence-corrected chi connectivity index (χ1v) is 29.1. The number of benzene rings is 1. The van der Waals surface area contributed by atoms with Crippen molar-refractivity contribution in [2.45, 2.75) is 186 Å². The smallest absolute Gasteiger partial charge is 0.272 e. The number of aromatic nitrogens is 4. The Morgan fingerprint density at radius 3 is 1.72 bits per heavy atom. The van der Waals surface area contributed by atoms with Crippen molar-refractivity contribution >= 4 is 34.8 Å². The van der Waals surface area contributed by atoms with Crippen LogP contribution in [0.5, 0.6) is 0 Å². The van der Waals surface area contributed by atoms with Crippen LogP contribution in [0.2, 0.25) is 54.4 Å². The van der Waals surface area contributed by atoms with Crippen molar-refractivity contribution in [3.05, 3.63) is 30.3 Å². The molecule has 0 N–H and O–H groups in total. The highest BCUT2D eigenvalue weighted by Gasteiger charge is 2.45. The highest BCUT2D eigenvalue weighted by Crippen LogP contribution is 2.42. The first-order valence-electron chi connectivity index (χ1n) is 19.1. The van der Waals surface area contributed by atoms with Crippen LogP contribution >= 0.6 is 0 Å². The number of hydrogen-bond acceptors (Lipinski definition) is 8. The van der Waals surface area contributed by atoms with Gasteiger partial charge >= 0.3 is 0 Å². The SMILES string of the molecule is CC[C@@H](CCC[C@H](O[Si](C)(C)C(C)(C)C)[C@@H](C)[C@@H](CCS(=O)(=O)c1nnnn1-c1ccccc1)O[Si](C)(C)C(C)(C)C)O[Si](CC)(CC)CC. The molecule has 13 heteroatoms. The van der Waals surface area contributed by atoms with Crippen LogP contribution in [0.15, 0.2) is 35.5 Å². The minimum atomic E-state index is -3.84. The summed E-state index contributed by atoms with van der Waals surface area (Å²) in [6, 6.07) is 12.6. The molecule has 1 aromatic carbocycles. The van der Waals surface area contributed by atoms with E-state index in [1.54, 1.807) is 12.1 Å². The predicted octanol–water partition coefficient (Wildman–Crippen LogP) is 10.2. The molecule has 0 spiro atoms. The van der Waals surface area contributed by atoms with Crippen LogP contribution in [0, 0.1) is 5.92 Å². The van der Waals surface area contributed by atoms with Crippen molar-refractivity contribution in [2.24, 2.45) is 5.92 Å². The first kappa shape index (κ1) is 44.9. The molecule has 0 saturated carbocycles. The van der Waals surface area contributed by atoms with Crippen LogP contribution in [0.3, 0.4) is 0 Å². The molecule has 1 heterocycles. The topological polar surface area (TPSA) is 105 Å². The Bertz CT molecular complexity index is 1400. The molecule has 0 aliphatic carbocycles. The van der Waals surface area contributed by atoms with Gasteiger partial charge in [-0.1, -0.05) is 99.5 Å². The molecule has 0 unspecified atom stereocenters. The molecule has 0 amide bonds. The summed E-state index contributed by atoms with van der Waals surface area (Å²) in [4.78, 5) is 0. The second-order valence-electron chi connectivity index (χ2n) is 17.3. The summed E-state index contributed by atoms with van der Waals surface area (Å²) >= 11 is 0. The number of sulfone groups is 1. The fourth-order valence-corrected chi connectivity index (χ4v) is 13.1. The zero-order valence-electron chi connectivity index (χ0n) is 34.3. The maximum absolute atomic E-state index is 13.9. The number of tetrazole rings is 1. The summed E-state index contributed by atoms with van der Waals surface area (Å²) in [7, 11) is -10.0. The Labute approximate surface area is 309 Å². The molecule has 0 saturated heterocycles. The summed E-state index contributed by atoms with van der Waals surface area (Å²) in [5.41, 5.74) is 0.604. The van der Waals surface area contributed by atoms with Crippen molar-refractivity contribution in [1.82, 2.24) is 20.2 Å². The second kappa shape index (κ2) is 18.2. The summed E-state index contributed by atoms with van der Waals surface area (Å²) in [5, 5.41) is 11.6. The lowest BCUT2D eigenvalue weighted by molar-refractivity contribution is 0.0262. The Morgan fingerprint density at radius 2 is 1.26 bits per heavy atom. The van der Waals surface area contributed by atoms with Crippen molar-refractivity contribution in [2.75, 3.05) is 5.75 Å². The van der Waals surface area contributed by atoms with Gasteiger partial charge in [0.25, 0.3) is 5.16 Å². The molecule has 0 aliphatic rings. The van der Waals surface area contributed by atoms with Crippen LogP contribution < -0.4 is 0 Å². The van der Waals surface area contributed by atoms with Crippen molar-refractivity contribution < 1.29 is 21.7 Å². The lowest BCUT2D eigenvalue weighted by Crippen LogP contribution is -2.51. The van der Waals surface area contributed by atoms with Gasteiger partial charge in [-0.05, 0) is 109 Å². The molecule has 4 atom stereocenters. The lowest BCUT2D eigenvalue weighted by atomic mass is 9.92. The van der Waals surface area contributed by atoms with Gasteiger partial charge in [0.05, 0.1) is 23.6 Å².